The first kappa shape index (κ1) is 15.5. The van der Waals surface area contributed by atoms with Crippen molar-refractivity contribution in [3.63, 3.8) is 0 Å². The van der Waals surface area contributed by atoms with Gasteiger partial charge in [-0.25, -0.2) is 4.79 Å². The average molecular weight is 278 g/mol. The van der Waals surface area contributed by atoms with Gasteiger partial charge in [0.1, 0.15) is 0 Å². The van der Waals surface area contributed by atoms with Crippen LogP contribution in [0, 0.1) is 0 Å². The molecule has 0 bridgehead atoms. The fraction of sp³-hybridized carbons (Fsp3) is 0.308. The highest BCUT2D eigenvalue weighted by Gasteiger charge is 2.07. The van der Waals surface area contributed by atoms with Crippen molar-refractivity contribution in [2.24, 2.45) is 5.73 Å². The number of anilines is 1. The van der Waals surface area contributed by atoms with Crippen molar-refractivity contribution in [3.8, 4) is 0 Å². The molecule has 1 rings (SSSR count). The summed E-state index contributed by atoms with van der Waals surface area (Å²) in [5.74, 6) is -0.713. The van der Waals surface area contributed by atoms with E-state index >= 15 is 0 Å². The largest absolute Gasteiger partial charge is 0.376 e. The second-order valence-electron chi connectivity index (χ2n) is 4.10. The van der Waals surface area contributed by atoms with Gasteiger partial charge in [0.2, 0.25) is 5.91 Å². The molecule has 0 atom stereocenters. The normalized spacial score (nSPS) is 9.65. The molecule has 0 fully saturated rings. The Morgan fingerprint density at radius 1 is 1.25 bits per heavy atom. The van der Waals surface area contributed by atoms with E-state index in [1.54, 1.807) is 24.3 Å². The number of imide groups is 1. The third kappa shape index (κ3) is 5.38. The summed E-state index contributed by atoms with van der Waals surface area (Å²) in [6.45, 7) is 2.47. The monoisotopic (exact) mass is 278 g/mol. The zero-order chi connectivity index (χ0) is 15.0. The number of primary amides is 1. The first-order valence-electron chi connectivity index (χ1n) is 6.24. The molecule has 0 unspecified atom stereocenters. The van der Waals surface area contributed by atoms with Crippen LogP contribution < -0.4 is 21.7 Å². The van der Waals surface area contributed by atoms with Crippen molar-refractivity contribution >= 4 is 23.5 Å². The highest BCUT2D eigenvalue weighted by atomic mass is 16.2. The van der Waals surface area contributed by atoms with Gasteiger partial charge >= 0.3 is 6.03 Å². The van der Waals surface area contributed by atoms with Crippen LogP contribution in [-0.4, -0.2) is 30.9 Å². The summed E-state index contributed by atoms with van der Waals surface area (Å²) in [7, 11) is 0. The minimum atomic E-state index is -0.899. The Labute approximate surface area is 116 Å². The fourth-order valence-electron chi connectivity index (χ4n) is 1.47. The first-order valence-corrected chi connectivity index (χ1v) is 6.24. The summed E-state index contributed by atoms with van der Waals surface area (Å²) in [6.07, 6.45) is 0.858. The van der Waals surface area contributed by atoms with Crippen molar-refractivity contribution in [2.75, 3.05) is 18.4 Å². The number of carbonyl (C=O) groups is 3. The van der Waals surface area contributed by atoms with Crippen LogP contribution in [0.15, 0.2) is 24.3 Å². The molecule has 0 heterocycles. The summed E-state index contributed by atoms with van der Waals surface area (Å²) in [5, 5.41) is 7.50. The minimum Gasteiger partial charge on any atom is -0.376 e. The molecule has 1 aromatic carbocycles. The molecule has 5 N–H and O–H groups in total. The van der Waals surface area contributed by atoms with Crippen LogP contribution in [0.5, 0.6) is 0 Å². The summed E-state index contributed by atoms with van der Waals surface area (Å²) in [6, 6.07) is 5.83. The molecular weight excluding hydrogens is 260 g/mol. The van der Waals surface area contributed by atoms with Crippen molar-refractivity contribution in [2.45, 2.75) is 13.3 Å². The standard InChI is InChI=1S/C13H18N4O3/c1-2-6-15-12(19)9-4-3-5-10(7-9)16-8-11(18)17-13(14)20/h3-5,7,16H,2,6,8H2,1H3,(H,15,19)(H3,14,17,18,20). The lowest BCUT2D eigenvalue weighted by atomic mass is 10.2. The molecule has 7 nitrogen and oxygen atoms in total. The summed E-state index contributed by atoms with van der Waals surface area (Å²) in [4.78, 5) is 33.5. The Kier molecular flexibility index (Phi) is 6.02. The maximum Gasteiger partial charge on any atom is 0.318 e. The number of carbonyl (C=O) groups excluding carboxylic acids is 3. The third-order valence-corrected chi connectivity index (χ3v) is 2.38. The van der Waals surface area contributed by atoms with E-state index in [1.807, 2.05) is 12.2 Å². The van der Waals surface area contributed by atoms with Crippen LogP contribution in [0.1, 0.15) is 23.7 Å². The van der Waals surface area contributed by atoms with Gasteiger partial charge in [0.15, 0.2) is 0 Å². The average Bonchev–Trinajstić information content (AvgIpc) is 2.42. The van der Waals surface area contributed by atoms with Gasteiger partial charge in [-0.2, -0.15) is 0 Å². The quantitative estimate of drug-likeness (QED) is 0.604. The molecule has 0 aliphatic rings. The topological polar surface area (TPSA) is 113 Å². The van der Waals surface area contributed by atoms with E-state index in [1.165, 1.54) is 0 Å². The van der Waals surface area contributed by atoms with Crippen LogP contribution in [0.4, 0.5) is 10.5 Å². The van der Waals surface area contributed by atoms with Crippen molar-refractivity contribution in [3.05, 3.63) is 29.8 Å². The number of nitrogens with one attached hydrogen (secondary N) is 3. The number of urea groups is 1. The number of hydrogen-bond donors (Lipinski definition) is 4. The van der Waals surface area contributed by atoms with Gasteiger partial charge in [0.25, 0.3) is 5.91 Å². The maximum atomic E-state index is 11.8. The first-order chi connectivity index (χ1) is 9.52. The number of benzene rings is 1. The van der Waals surface area contributed by atoms with E-state index < -0.39 is 11.9 Å². The van der Waals surface area contributed by atoms with Gasteiger partial charge in [0.05, 0.1) is 6.54 Å². The lowest BCUT2D eigenvalue weighted by Crippen LogP contribution is -2.38. The highest BCUT2D eigenvalue weighted by molar-refractivity contribution is 5.96. The summed E-state index contributed by atoms with van der Waals surface area (Å²) < 4.78 is 0. The molecule has 1 aromatic rings. The van der Waals surface area contributed by atoms with Gasteiger partial charge < -0.3 is 16.4 Å². The third-order valence-electron chi connectivity index (χ3n) is 2.38. The molecule has 0 aromatic heterocycles. The zero-order valence-electron chi connectivity index (χ0n) is 11.2. The second kappa shape index (κ2) is 7.78. The molecule has 0 aliphatic heterocycles. The smallest absolute Gasteiger partial charge is 0.318 e. The van der Waals surface area contributed by atoms with Crippen LogP contribution in [0.25, 0.3) is 0 Å². The Hall–Kier alpha value is -2.57. The number of amides is 4. The van der Waals surface area contributed by atoms with E-state index in [0.29, 0.717) is 17.8 Å². The Morgan fingerprint density at radius 2 is 2.00 bits per heavy atom. The lowest BCUT2D eigenvalue weighted by Gasteiger charge is -2.08. The Morgan fingerprint density at radius 3 is 2.65 bits per heavy atom. The van der Waals surface area contributed by atoms with E-state index in [2.05, 4.69) is 10.6 Å². The Bertz CT molecular complexity index is 502. The molecule has 7 heteroatoms. The number of hydrogen-bond acceptors (Lipinski definition) is 4. The Balaban J connectivity index is 2.57. The van der Waals surface area contributed by atoms with Gasteiger partial charge in [-0.15, -0.1) is 0 Å². The molecule has 0 spiro atoms. The SMILES string of the molecule is CCCNC(=O)c1cccc(NCC(=O)NC(N)=O)c1. The van der Waals surface area contributed by atoms with E-state index in [4.69, 9.17) is 5.73 Å². The predicted molar refractivity (Wildman–Crippen MR) is 75.3 cm³/mol. The van der Waals surface area contributed by atoms with E-state index in [9.17, 15) is 14.4 Å². The minimum absolute atomic E-state index is 0.108. The molecule has 0 aliphatic carbocycles. The highest BCUT2D eigenvalue weighted by Crippen LogP contribution is 2.10. The summed E-state index contributed by atoms with van der Waals surface area (Å²) in [5.41, 5.74) is 5.93. The van der Waals surface area contributed by atoms with Gasteiger partial charge in [-0.1, -0.05) is 13.0 Å². The molecular formula is C13H18N4O3. The summed E-state index contributed by atoms with van der Waals surface area (Å²) >= 11 is 0. The van der Waals surface area contributed by atoms with Crippen molar-refractivity contribution in [1.29, 1.82) is 0 Å². The zero-order valence-corrected chi connectivity index (χ0v) is 11.2. The molecule has 0 radical (unpaired) electrons. The van der Waals surface area contributed by atoms with Crippen molar-refractivity contribution in [1.82, 2.24) is 10.6 Å². The molecule has 4 amide bonds. The van der Waals surface area contributed by atoms with Crippen LogP contribution in [0.3, 0.4) is 0 Å². The lowest BCUT2D eigenvalue weighted by molar-refractivity contribution is -0.118. The van der Waals surface area contributed by atoms with Gasteiger partial charge in [0, 0.05) is 17.8 Å². The molecule has 20 heavy (non-hydrogen) atoms. The predicted octanol–water partition coefficient (Wildman–Crippen LogP) is 0.433. The van der Waals surface area contributed by atoms with E-state index in [-0.39, 0.29) is 12.5 Å². The number of rotatable bonds is 6. The van der Waals surface area contributed by atoms with E-state index in [0.717, 1.165) is 6.42 Å². The van der Waals surface area contributed by atoms with Crippen molar-refractivity contribution < 1.29 is 14.4 Å². The second-order valence-corrected chi connectivity index (χ2v) is 4.10. The molecule has 0 saturated carbocycles. The van der Waals surface area contributed by atoms with Gasteiger partial charge in [-0.3, -0.25) is 14.9 Å². The molecule has 108 valence electrons. The van der Waals surface area contributed by atoms with Crippen LogP contribution in [-0.2, 0) is 4.79 Å². The number of nitrogens with two attached hydrogens (primary N) is 1. The van der Waals surface area contributed by atoms with Crippen LogP contribution in [0.2, 0.25) is 0 Å². The fourth-order valence-corrected chi connectivity index (χ4v) is 1.47. The van der Waals surface area contributed by atoms with Crippen LogP contribution >= 0.6 is 0 Å². The van der Waals surface area contributed by atoms with Gasteiger partial charge in [-0.05, 0) is 24.6 Å². The maximum absolute atomic E-state index is 11.8. The molecule has 0 saturated heterocycles.